The average molecular weight is 356 g/mol. The van der Waals surface area contributed by atoms with E-state index in [2.05, 4.69) is 36.2 Å². The van der Waals surface area contributed by atoms with E-state index in [1.165, 1.54) is 7.11 Å². The van der Waals surface area contributed by atoms with Gasteiger partial charge in [-0.25, -0.2) is 0 Å². The monoisotopic (exact) mass is 356 g/mol. The number of ether oxygens (including phenoxy) is 1. The molecule has 0 aliphatic heterocycles. The molecule has 2 unspecified atom stereocenters. The maximum Gasteiger partial charge on any atom is 0.219 e. The van der Waals surface area contributed by atoms with Gasteiger partial charge in [0.25, 0.3) is 0 Å². The average Bonchev–Trinajstić information content (AvgIpc) is 2.66. The van der Waals surface area contributed by atoms with E-state index in [0.29, 0.717) is 12.1 Å². The van der Waals surface area contributed by atoms with Gasteiger partial charge in [0, 0.05) is 38.5 Å². The minimum Gasteiger partial charge on any atom is -0.364 e. The second-order valence-corrected chi connectivity index (χ2v) is 6.36. The summed E-state index contributed by atoms with van der Waals surface area (Å²) >= 11 is 0. The molecule has 1 aromatic heterocycles. The molecule has 2 aromatic rings. The Bertz CT molecular complexity index is 715. The number of hydrogen-bond donors (Lipinski definition) is 1. The van der Waals surface area contributed by atoms with E-state index in [1.54, 1.807) is 19.3 Å². The fraction of sp³-hybridized carbons (Fsp3) is 0.429. The maximum atomic E-state index is 11.9. The zero-order chi connectivity index (χ0) is 19.1. The molecule has 2 rings (SSSR count). The van der Waals surface area contributed by atoms with Crippen molar-refractivity contribution >= 4 is 5.91 Å². The fourth-order valence-electron chi connectivity index (χ4n) is 3.27. The first-order chi connectivity index (χ1) is 12.5. The second kappa shape index (κ2) is 9.46. The van der Waals surface area contributed by atoms with E-state index in [4.69, 9.17) is 4.74 Å². The molecular formula is C21H28N2O3. The number of carbonyl (C=O) groups excluding carboxylic acids is 1. The molecule has 5 heteroatoms. The highest BCUT2D eigenvalue weighted by molar-refractivity contribution is 5.73. The summed E-state index contributed by atoms with van der Waals surface area (Å²) in [6.45, 7) is 6.43. The zero-order valence-electron chi connectivity index (χ0n) is 16.0. The summed E-state index contributed by atoms with van der Waals surface area (Å²) in [5.74, 6) is 0.100. The number of aliphatic hydroxyl groups is 1. The summed E-state index contributed by atoms with van der Waals surface area (Å²) in [6, 6.07) is 10.4. The van der Waals surface area contributed by atoms with Crippen LogP contribution >= 0.6 is 0 Å². The van der Waals surface area contributed by atoms with E-state index in [9.17, 15) is 9.90 Å². The van der Waals surface area contributed by atoms with Gasteiger partial charge in [-0.05, 0) is 42.5 Å². The largest absolute Gasteiger partial charge is 0.364 e. The molecule has 26 heavy (non-hydrogen) atoms. The molecule has 0 saturated heterocycles. The zero-order valence-corrected chi connectivity index (χ0v) is 16.0. The van der Waals surface area contributed by atoms with Crippen molar-refractivity contribution in [1.29, 1.82) is 0 Å². The lowest BCUT2D eigenvalue weighted by Crippen LogP contribution is -2.32. The molecule has 1 heterocycles. The van der Waals surface area contributed by atoms with E-state index >= 15 is 0 Å². The summed E-state index contributed by atoms with van der Waals surface area (Å²) in [5.41, 5.74) is 3.96. The van der Waals surface area contributed by atoms with Crippen LogP contribution in [0.25, 0.3) is 0 Å². The molecule has 1 amide bonds. The first-order valence-corrected chi connectivity index (χ1v) is 9.00. The van der Waals surface area contributed by atoms with Crippen LogP contribution in [0.15, 0.2) is 42.7 Å². The minimum absolute atomic E-state index is 0.100. The molecule has 140 valence electrons. The number of hydrogen-bond acceptors (Lipinski definition) is 4. The Morgan fingerprint density at radius 2 is 1.85 bits per heavy atom. The Balaban J connectivity index is 2.15. The third-order valence-electron chi connectivity index (χ3n) is 4.61. The molecule has 2 atom stereocenters. The number of aliphatic hydroxyl groups excluding tert-OH is 1. The van der Waals surface area contributed by atoms with E-state index in [-0.39, 0.29) is 11.9 Å². The molecule has 1 N–H and O–H groups in total. The van der Waals surface area contributed by atoms with Crippen molar-refractivity contribution < 1.29 is 14.6 Å². The summed E-state index contributed by atoms with van der Waals surface area (Å²) in [4.78, 5) is 17.9. The number of rotatable bonds is 8. The van der Waals surface area contributed by atoms with Crippen LogP contribution in [-0.4, -0.2) is 34.6 Å². The van der Waals surface area contributed by atoms with E-state index < -0.39 is 6.29 Å². The van der Waals surface area contributed by atoms with E-state index in [1.807, 2.05) is 17.9 Å². The van der Waals surface area contributed by atoms with Crippen LogP contribution in [0.4, 0.5) is 0 Å². The van der Waals surface area contributed by atoms with Gasteiger partial charge in [-0.2, -0.15) is 0 Å². The lowest BCUT2D eigenvalue weighted by Gasteiger charge is -2.29. The topological polar surface area (TPSA) is 62.7 Å². The number of pyridine rings is 1. The Kier molecular flexibility index (Phi) is 7.30. The van der Waals surface area contributed by atoms with Gasteiger partial charge in [-0.3, -0.25) is 9.78 Å². The Morgan fingerprint density at radius 3 is 2.38 bits per heavy atom. The standard InChI is InChI=1S/C21H28N2O3/c1-5-20(23(6-2)15(3)24)18-9-7-16(8-10-18)11-17-12-19(14-22-13-17)21(25)26-4/h7-10,12-14,20-21,25H,5-6,11H2,1-4H3. The van der Waals surface area contributed by atoms with Gasteiger partial charge < -0.3 is 14.7 Å². The minimum atomic E-state index is -0.957. The quantitative estimate of drug-likeness (QED) is 0.734. The SMILES string of the molecule is CCC(c1ccc(Cc2cncc(C(O)OC)c2)cc1)N(CC)C(C)=O. The number of nitrogens with zero attached hydrogens (tertiary/aromatic N) is 2. The number of carbonyl (C=O) groups is 1. The third-order valence-corrected chi connectivity index (χ3v) is 4.61. The number of amides is 1. The Hall–Kier alpha value is -2.24. The van der Waals surface area contributed by atoms with Crippen molar-refractivity contribution in [2.45, 2.75) is 45.9 Å². The van der Waals surface area contributed by atoms with Gasteiger partial charge in [0.05, 0.1) is 6.04 Å². The van der Waals surface area contributed by atoms with Gasteiger partial charge in [0.1, 0.15) is 0 Å². The van der Waals surface area contributed by atoms with Gasteiger partial charge in [-0.1, -0.05) is 31.2 Å². The second-order valence-electron chi connectivity index (χ2n) is 6.36. The van der Waals surface area contributed by atoms with Gasteiger partial charge in [0.2, 0.25) is 5.91 Å². The third kappa shape index (κ3) is 4.90. The fourth-order valence-corrected chi connectivity index (χ4v) is 3.27. The normalized spacial score (nSPS) is 13.3. The Labute approximate surface area is 155 Å². The summed E-state index contributed by atoms with van der Waals surface area (Å²) in [6.07, 6.45) is 4.05. The Morgan fingerprint density at radius 1 is 1.15 bits per heavy atom. The highest BCUT2D eigenvalue weighted by atomic mass is 16.6. The number of aromatic nitrogens is 1. The molecule has 0 bridgehead atoms. The van der Waals surface area contributed by atoms with Crippen LogP contribution in [0.5, 0.6) is 0 Å². The van der Waals surface area contributed by atoms with Crippen LogP contribution < -0.4 is 0 Å². The van der Waals surface area contributed by atoms with Crippen LogP contribution in [0, 0.1) is 0 Å². The first-order valence-electron chi connectivity index (χ1n) is 9.00. The summed E-state index contributed by atoms with van der Waals surface area (Å²) < 4.78 is 4.93. The molecule has 0 fully saturated rings. The highest BCUT2D eigenvalue weighted by Gasteiger charge is 2.19. The van der Waals surface area contributed by atoms with Crippen LogP contribution in [0.2, 0.25) is 0 Å². The molecular weight excluding hydrogens is 328 g/mol. The number of methoxy groups -OCH3 is 1. The van der Waals surface area contributed by atoms with Crippen molar-refractivity contribution in [3.8, 4) is 0 Å². The van der Waals surface area contributed by atoms with Gasteiger partial charge in [0.15, 0.2) is 6.29 Å². The predicted molar refractivity (Wildman–Crippen MR) is 102 cm³/mol. The lowest BCUT2D eigenvalue weighted by molar-refractivity contribution is -0.131. The summed E-state index contributed by atoms with van der Waals surface area (Å²) in [5, 5.41) is 9.77. The van der Waals surface area contributed by atoms with Crippen molar-refractivity contribution in [3.05, 3.63) is 65.0 Å². The highest BCUT2D eigenvalue weighted by Crippen LogP contribution is 2.25. The number of benzene rings is 1. The van der Waals surface area contributed by atoms with Crippen LogP contribution in [-0.2, 0) is 16.0 Å². The van der Waals surface area contributed by atoms with Gasteiger partial charge >= 0.3 is 0 Å². The van der Waals surface area contributed by atoms with Crippen molar-refractivity contribution in [2.75, 3.05) is 13.7 Å². The first kappa shape index (κ1) is 20.1. The van der Waals surface area contributed by atoms with Crippen molar-refractivity contribution in [3.63, 3.8) is 0 Å². The van der Waals surface area contributed by atoms with Crippen LogP contribution in [0.1, 0.15) is 61.8 Å². The van der Waals surface area contributed by atoms with E-state index in [0.717, 1.165) is 29.5 Å². The predicted octanol–water partition coefficient (Wildman–Crippen LogP) is 3.63. The molecule has 5 nitrogen and oxygen atoms in total. The molecule has 0 aliphatic carbocycles. The van der Waals surface area contributed by atoms with Crippen LogP contribution in [0.3, 0.4) is 0 Å². The molecule has 0 spiro atoms. The molecule has 0 aliphatic rings. The lowest BCUT2D eigenvalue weighted by atomic mass is 9.98. The molecule has 0 radical (unpaired) electrons. The smallest absolute Gasteiger partial charge is 0.219 e. The van der Waals surface area contributed by atoms with Crippen molar-refractivity contribution in [1.82, 2.24) is 9.88 Å². The van der Waals surface area contributed by atoms with Crippen molar-refractivity contribution in [2.24, 2.45) is 0 Å². The molecule has 1 aromatic carbocycles. The summed E-state index contributed by atoms with van der Waals surface area (Å²) in [7, 11) is 1.46. The maximum absolute atomic E-state index is 11.9. The molecule has 0 saturated carbocycles. The van der Waals surface area contributed by atoms with Gasteiger partial charge in [-0.15, -0.1) is 0 Å².